The van der Waals surface area contributed by atoms with Crippen LogP contribution in [0.25, 0.3) is 0 Å². The Hall–Kier alpha value is -1.51. The molecule has 1 aromatic rings. The molecule has 0 saturated heterocycles. The topological polar surface area (TPSA) is 63.2 Å². The van der Waals surface area contributed by atoms with Crippen LogP contribution in [-0.2, 0) is 10.0 Å². The van der Waals surface area contributed by atoms with Gasteiger partial charge in [-0.2, -0.15) is 21.6 Å². The third-order valence-electron chi connectivity index (χ3n) is 2.27. The molecule has 0 aromatic heterocycles. The number of rotatable bonds is 4. The third-order valence-corrected chi connectivity index (χ3v) is 3.38. The number of carbonyl (C=O) groups is 1. The van der Waals surface area contributed by atoms with Gasteiger partial charge in [0.05, 0.1) is 7.85 Å². The summed E-state index contributed by atoms with van der Waals surface area (Å²) in [5, 5.41) is 0. The summed E-state index contributed by atoms with van der Waals surface area (Å²) in [7, 11) is -0.306. The number of aryl methyl sites for hydroxylation is 1. The van der Waals surface area contributed by atoms with E-state index >= 15 is 0 Å². The molecule has 102 valence electrons. The van der Waals surface area contributed by atoms with Gasteiger partial charge in [0.1, 0.15) is 0 Å². The van der Waals surface area contributed by atoms with Gasteiger partial charge < -0.3 is 0 Å². The maximum Gasteiger partial charge on any atom is 0.516 e. The van der Waals surface area contributed by atoms with Crippen LogP contribution < -0.4 is 4.72 Å². The lowest BCUT2D eigenvalue weighted by atomic mass is 9.93. The number of carbonyl (C=O) groups excluding carboxylic acids is 1. The van der Waals surface area contributed by atoms with Gasteiger partial charge in [-0.15, -0.1) is 0 Å². The van der Waals surface area contributed by atoms with Crippen LogP contribution in [0.15, 0.2) is 18.2 Å². The molecule has 1 N–H and O–H groups in total. The van der Waals surface area contributed by atoms with Crippen LogP contribution in [0.3, 0.4) is 0 Å². The molecule has 0 bridgehead atoms. The molecule has 0 spiro atoms. The van der Waals surface area contributed by atoms with Crippen molar-refractivity contribution < 1.29 is 26.4 Å². The van der Waals surface area contributed by atoms with Gasteiger partial charge in [0.15, 0.2) is 5.78 Å². The standard InChI is InChI=1S/C10H9BF3NO3S/c1-6-4-7(2-3-8(6)9(16)5-11)15-19(17,18)10(12,13)14/h2-4,15H,5H2,1H3. The summed E-state index contributed by atoms with van der Waals surface area (Å²) in [5.74, 6) is -0.386. The highest BCUT2D eigenvalue weighted by Crippen LogP contribution is 2.26. The number of hydrogen-bond acceptors (Lipinski definition) is 3. The Balaban J connectivity index is 3.07. The summed E-state index contributed by atoms with van der Waals surface area (Å²) in [5.41, 5.74) is -5.11. The molecule has 0 heterocycles. The first-order valence-corrected chi connectivity index (χ1v) is 6.50. The quantitative estimate of drug-likeness (QED) is 0.682. The average molecular weight is 291 g/mol. The Morgan fingerprint density at radius 2 is 1.95 bits per heavy atom. The van der Waals surface area contributed by atoms with Gasteiger partial charge in [0.25, 0.3) is 0 Å². The predicted octanol–water partition coefficient (Wildman–Crippen LogP) is 2.03. The fourth-order valence-electron chi connectivity index (χ4n) is 1.36. The number of Topliss-reactive ketones (excluding diaryl/α,β-unsaturated/α-hetero) is 1. The normalized spacial score (nSPS) is 12.2. The zero-order valence-electron chi connectivity index (χ0n) is 9.78. The number of sulfonamides is 1. The van der Waals surface area contributed by atoms with Crippen LogP contribution in [0, 0.1) is 6.92 Å². The summed E-state index contributed by atoms with van der Waals surface area (Å²) >= 11 is 0. The number of benzene rings is 1. The smallest absolute Gasteiger partial charge is 0.295 e. The van der Waals surface area contributed by atoms with Crippen LogP contribution in [-0.4, -0.2) is 27.6 Å². The van der Waals surface area contributed by atoms with E-state index < -0.39 is 15.5 Å². The molecule has 1 rings (SSSR count). The molecule has 0 saturated carbocycles. The van der Waals surface area contributed by atoms with E-state index in [1.807, 2.05) is 0 Å². The lowest BCUT2D eigenvalue weighted by Gasteiger charge is -2.12. The van der Waals surface area contributed by atoms with E-state index in [2.05, 4.69) is 0 Å². The van der Waals surface area contributed by atoms with Crippen molar-refractivity contribution in [2.24, 2.45) is 0 Å². The molecule has 0 atom stereocenters. The fourth-order valence-corrected chi connectivity index (χ4v) is 1.92. The van der Waals surface area contributed by atoms with E-state index in [0.29, 0.717) is 5.56 Å². The van der Waals surface area contributed by atoms with Gasteiger partial charge in [0.2, 0.25) is 0 Å². The number of nitrogens with one attached hydrogen (secondary N) is 1. The second-order valence-electron chi connectivity index (χ2n) is 3.71. The van der Waals surface area contributed by atoms with E-state index in [-0.39, 0.29) is 23.4 Å². The first-order chi connectivity index (χ1) is 8.58. The number of ketones is 1. The Kier molecular flexibility index (Phi) is 4.29. The minimum absolute atomic E-state index is 0.234. The minimum Gasteiger partial charge on any atom is -0.295 e. The molecule has 9 heteroatoms. The van der Waals surface area contributed by atoms with Crippen molar-refractivity contribution in [3.8, 4) is 0 Å². The second-order valence-corrected chi connectivity index (χ2v) is 5.38. The molecule has 0 unspecified atom stereocenters. The zero-order chi connectivity index (χ0) is 14.8. The molecule has 1 aromatic carbocycles. The van der Waals surface area contributed by atoms with Crippen LogP contribution in [0.1, 0.15) is 15.9 Å². The highest BCUT2D eigenvalue weighted by atomic mass is 32.2. The molecule has 0 aliphatic heterocycles. The van der Waals surface area contributed by atoms with Crippen molar-refractivity contribution in [3.05, 3.63) is 29.3 Å². The molecule has 0 aliphatic carbocycles. The van der Waals surface area contributed by atoms with E-state index in [9.17, 15) is 26.4 Å². The Bertz CT molecular complexity index is 599. The van der Waals surface area contributed by atoms with Crippen molar-refractivity contribution in [1.29, 1.82) is 0 Å². The maximum absolute atomic E-state index is 12.2. The summed E-state index contributed by atoms with van der Waals surface area (Å²) in [6.07, 6.45) is -0.242. The predicted molar refractivity (Wildman–Crippen MR) is 64.7 cm³/mol. The summed E-state index contributed by atoms with van der Waals surface area (Å²) in [4.78, 5) is 11.3. The highest BCUT2D eigenvalue weighted by molar-refractivity contribution is 7.93. The van der Waals surface area contributed by atoms with Gasteiger partial charge in [-0.25, -0.2) is 0 Å². The van der Waals surface area contributed by atoms with Crippen LogP contribution in [0.4, 0.5) is 18.9 Å². The van der Waals surface area contributed by atoms with Gasteiger partial charge in [-0.05, 0) is 37.0 Å². The maximum atomic E-state index is 12.2. The van der Waals surface area contributed by atoms with E-state index in [4.69, 9.17) is 7.85 Å². The molecule has 2 radical (unpaired) electrons. The highest BCUT2D eigenvalue weighted by Gasteiger charge is 2.46. The lowest BCUT2D eigenvalue weighted by molar-refractivity contribution is -0.0429. The van der Waals surface area contributed by atoms with Gasteiger partial charge in [-0.1, -0.05) is 0 Å². The first kappa shape index (κ1) is 15.6. The molecule has 0 fully saturated rings. The number of anilines is 1. The van der Waals surface area contributed by atoms with Gasteiger partial charge >= 0.3 is 15.5 Å². The van der Waals surface area contributed by atoms with Crippen molar-refractivity contribution in [2.75, 3.05) is 4.72 Å². The van der Waals surface area contributed by atoms with Crippen LogP contribution in [0.5, 0.6) is 0 Å². The van der Waals surface area contributed by atoms with E-state index in [0.717, 1.165) is 12.1 Å². The second kappa shape index (κ2) is 5.24. The Morgan fingerprint density at radius 1 is 1.37 bits per heavy atom. The van der Waals surface area contributed by atoms with E-state index in [1.54, 1.807) is 0 Å². The van der Waals surface area contributed by atoms with E-state index in [1.165, 1.54) is 17.7 Å². The third kappa shape index (κ3) is 3.49. The Labute approximate surface area is 109 Å². The van der Waals surface area contributed by atoms with Crippen LogP contribution in [0.2, 0.25) is 6.32 Å². The van der Waals surface area contributed by atoms with Crippen molar-refractivity contribution in [2.45, 2.75) is 18.8 Å². The summed E-state index contributed by atoms with van der Waals surface area (Å²) < 4.78 is 59.6. The van der Waals surface area contributed by atoms with Crippen molar-refractivity contribution in [1.82, 2.24) is 0 Å². The van der Waals surface area contributed by atoms with Gasteiger partial charge in [-0.3, -0.25) is 9.52 Å². The fraction of sp³-hybridized carbons (Fsp3) is 0.300. The summed E-state index contributed by atoms with van der Waals surface area (Å²) in [6.45, 7) is 1.47. The summed E-state index contributed by atoms with van der Waals surface area (Å²) in [6, 6.07) is 3.42. The molecule has 4 nitrogen and oxygen atoms in total. The number of hydrogen-bond donors (Lipinski definition) is 1. The first-order valence-electron chi connectivity index (χ1n) is 5.01. The molecule has 0 aliphatic rings. The molecule has 19 heavy (non-hydrogen) atoms. The van der Waals surface area contributed by atoms with Crippen LogP contribution >= 0.6 is 0 Å². The zero-order valence-corrected chi connectivity index (χ0v) is 10.6. The number of halogens is 3. The minimum atomic E-state index is -5.47. The molecular formula is C10H9BF3NO3S. The lowest BCUT2D eigenvalue weighted by Crippen LogP contribution is -2.29. The monoisotopic (exact) mass is 291 g/mol. The molecular weight excluding hydrogens is 282 g/mol. The van der Waals surface area contributed by atoms with Crippen molar-refractivity contribution in [3.63, 3.8) is 0 Å². The van der Waals surface area contributed by atoms with Gasteiger partial charge in [0, 0.05) is 11.3 Å². The SMILES string of the molecule is [B]CC(=O)c1ccc(NS(=O)(=O)C(F)(F)F)cc1C. The Morgan fingerprint density at radius 3 is 2.37 bits per heavy atom. The molecule has 0 amide bonds. The average Bonchev–Trinajstić information content (AvgIpc) is 2.26. The largest absolute Gasteiger partial charge is 0.516 e. The number of alkyl halides is 3. The van der Waals surface area contributed by atoms with Crippen molar-refractivity contribution >= 4 is 29.3 Å².